The zero-order valence-electron chi connectivity index (χ0n) is 14.7. The first-order chi connectivity index (χ1) is 11.6. The van der Waals surface area contributed by atoms with Gasteiger partial charge in [-0.15, -0.1) is 12.4 Å². The minimum absolute atomic E-state index is 0. The molecule has 1 saturated carbocycles. The zero-order valence-corrected chi connectivity index (χ0v) is 15.5. The lowest BCUT2D eigenvalue weighted by atomic mass is 9.86. The van der Waals surface area contributed by atoms with Gasteiger partial charge in [0.05, 0.1) is 11.5 Å². The fourth-order valence-electron chi connectivity index (χ4n) is 3.70. The first-order valence-electron chi connectivity index (χ1n) is 8.80. The summed E-state index contributed by atoms with van der Waals surface area (Å²) in [6.07, 6.45) is 4.29. The van der Waals surface area contributed by atoms with Gasteiger partial charge in [-0.2, -0.15) is 0 Å². The SMILES string of the molecule is CC(C(=O)NC1(c2ccccc2)CCCC1)C(N)c1ccccc1.Cl. The van der Waals surface area contributed by atoms with Crippen molar-refractivity contribution in [2.75, 3.05) is 0 Å². The van der Waals surface area contributed by atoms with Crippen LogP contribution < -0.4 is 11.1 Å². The van der Waals surface area contributed by atoms with Gasteiger partial charge in [-0.1, -0.05) is 80.4 Å². The van der Waals surface area contributed by atoms with Crippen LogP contribution in [0.3, 0.4) is 0 Å². The molecule has 2 aromatic rings. The molecule has 2 unspecified atom stereocenters. The fraction of sp³-hybridized carbons (Fsp3) is 0.381. The van der Waals surface area contributed by atoms with Crippen LogP contribution in [0.15, 0.2) is 60.7 Å². The molecule has 3 nitrogen and oxygen atoms in total. The summed E-state index contributed by atoms with van der Waals surface area (Å²) < 4.78 is 0. The Morgan fingerprint density at radius 2 is 1.52 bits per heavy atom. The lowest BCUT2D eigenvalue weighted by Crippen LogP contribution is -2.47. The number of hydrogen-bond acceptors (Lipinski definition) is 2. The third-order valence-corrected chi connectivity index (χ3v) is 5.28. The molecule has 0 heterocycles. The van der Waals surface area contributed by atoms with Crippen LogP contribution in [0.5, 0.6) is 0 Å². The molecule has 2 atom stereocenters. The van der Waals surface area contributed by atoms with Crippen molar-refractivity contribution in [3.63, 3.8) is 0 Å². The highest BCUT2D eigenvalue weighted by Crippen LogP contribution is 2.39. The van der Waals surface area contributed by atoms with E-state index in [1.807, 2.05) is 55.5 Å². The van der Waals surface area contributed by atoms with Crippen molar-refractivity contribution in [3.05, 3.63) is 71.8 Å². The summed E-state index contributed by atoms with van der Waals surface area (Å²) in [5.74, 6) is -0.231. The van der Waals surface area contributed by atoms with Crippen LogP contribution in [-0.2, 0) is 10.3 Å². The number of rotatable bonds is 5. The normalized spacial score (nSPS) is 18.0. The molecule has 3 rings (SSSR count). The molecule has 3 N–H and O–H groups in total. The van der Waals surface area contributed by atoms with E-state index in [1.165, 1.54) is 5.56 Å². The molecular weight excluding hydrogens is 332 g/mol. The van der Waals surface area contributed by atoms with Crippen LogP contribution in [-0.4, -0.2) is 5.91 Å². The maximum Gasteiger partial charge on any atom is 0.225 e. The summed E-state index contributed by atoms with van der Waals surface area (Å²) in [4.78, 5) is 12.9. The van der Waals surface area contributed by atoms with Gasteiger partial charge in [0.25, 0.3) is 0 Å². The molecule has 1 fully saturated rings. The lowest BCUT2D eigenvalue weighted by molar-refractivity contribution is -0.127. The summed E-state index contributed by atoms with van der Waals surface area (Å²) in [7, 11) is 0. The first-order valence-corrected chi connectivity index (χ1v) is 8.80. The minimum Gasteiger partial charge on any atom is -0.346 e. The highest BCUT2D eigenvalue weighted by molar-refractivity contribution is 5.85. The topological polar surface area (TPSA) is 55.1 Å². The quantitative estimate of drug-likeness (QED) is 0.835. The van der Waals surface area contributed by atoms with Gasteiger partial charge in [0.2, 0.25) is 5.91 Å². The Bertz CT molecular complexity index is 669. The highest BCUT2D eigenvalue weighted by Gasteiger charge is 2.38. The molecule has 4 heteroatoms. The molecule has 0 aromatic heterocycles. The van der Waals surface area contributed by atoms with Crippen molar-refractivity contribution >= 4 is 18.3 Å². The van der Waals surface area contributed by atoms with Gasteiger partial charge in [0.1, 0.15) is 0 Å². The van der Waals surface area contributed by atoms with Crippen molar-refractivity contribution in [1.82, 2.24) is 5.32 Å². The third kappa shape index (κ3) is 4.23. The van der Waals surface area contributed by atoms with Crippen LogP contribution >= 0.6 is 12.4 Å². The summed E-state index contributed by atoms with van der Waals surface area (Å²) in [5, 5.41) is 3.34. The minimum atomic E-state index is -0.291. The summed E-state index contributed by atoms with van der Waals surface area (Å²) in [5.41, 5.74) is 8.31. The van der Waals surface area contributed by atoms with Crippen LogP contribution in [0.25, 0.3) is 0 Å². The fourth-order valence-corrected chi connectivity index (χ4v) is 3.70. The third-order valence-electron chi connectivity index (χ3n) is 5.28. The van der Waals surface area contributed by atoms with Gasteiger partial charge in [0, 0.05) is 6.04 Å². The van der Waals surface area contributed by atoms with Crippen LogP contribution in [0.1, 0.15) is 49.8 Å². The molecule has 0 aliphatic heterocycles. The van der Waals surface area contributed by atoms with Crippen molar-refractivity contribution in [2.24, 2.45) is 11.7 Å². The van der Waals surface area contributed by atoms with Gasteiger partial charge in [-0.25, -0.2) is 0 Å². The summed E-state index contributed by atoms with van der Waals surface area (Å²) >= 11 is 0. The van der Waals surface area contributed by atoms with Crippen molar-refractivity contribution < 1.29 is 4.79 Å². The monoisotopic (exact) mass is 358 g/mol. The average molecular weight is 359 g/mol. The second-order valence-electron chi connectivity index (χ2n) is 6.87. The molecule has 0 spiro atoms. The molecule has 0 saturated heterocycles. The predicted octanol–water partition coefficient (Wildman–Crippen LogP) is 4.33. The Kier molecular flexibility index (Phi) is 6.63. The Hall–Kier alpha value is -1.84. The zero-order chi connectivity index (χ0) is 17.0. The van der Waals surface area contributed by atoms with Crippen molar-refractivity contribution in [1.29, 1.82) is 0 Å². The molecule has 1 aliphatic rings. The number of amides is 1. The van der Waals surface area contributed by atoms with Gasteiger partial charge in [0.15, 0.2) is 0 Å². The van der Waals surface area contributed by atoms with E-state index in [1.54, 1.807) is 0 Å². The first kappa shape index (κ1) is 19.5. The average Bonchev–Trinajstić information content (AvgIpc) is 3.11. The van der Waals surface area contributed by atoms with E-state index in [9.17, 15) is 4.79 Å². The number of hydrogen-bond donors (Lipinski definition) is 2. The Balaban J connectivity index is 0.00000225. The molecule has 0 radical (unpaired) electrons. The molecule has 1 aliphatic carbocycles. The lowest BCUT2D eigenvalue weighted by Gasteiger charge is -2.33. The Morgan fingerprint density at radius 1 is 1.00 bits per heavy atom. The highest BCUT2D eigenvalue weighted by atomic mass is 35.5. The van der Waals surface area contributed by atoms with Gasteiger partial charge in [-0.05, 0) is 24.0 Å². The second kappa shape index (κ2) is 8.50. The van der Waals surface area contributed by atoms with E-state index in [-0.39, 0.29) is 35.8 Å². The van der Waals surface area contributed by atoms with Gasteiger partial charge < -0.3 is 11.1 Å². The number of nitrogens with one attached hydrogen (secondary N) is 1. The van der Waals surface area contributed by atoms with Gasteiger partial charge in [-0.3, -0.25) is 4.79 Å². The predicted molar refractivity (Wildman–Crippen MR) is 105 cm³/mol. The molecule has 134 valence electrons. The van der Waals surface area contributed by atoms with Crippen LogP contribution in [0, 0.1) is 5.92 Å². The Morgan fingerprint density at radius 3 is 2.08 bits per heavy atom. The summed E-state index contributed by atoms with van der Waals surface area (Å²) in [6, 6.07) is 19.9. The number of benzene rings is 2. The second-order valence-corrected chi connectivity index (χ2v) is 6.87. The van der Waals surface area contributed by atoms with Gasteiger partial charge >= 0.3 is 0 Å². The van der Waals surface area contributed by atoms with Crippen LogP contribution in [0.2, 0.25) is 0 Å². The number of halogens is 1. The number of carbonyl (C=O) groups excluding carboxylic acids is 1. The maximum absolute atomic E-state index is 12.9. The number of carbonyl (C=O) groups is 1. The van der Waals surface area contributed by atoms with E-state index in [0.717, 1.165) is 31.2 Å². The van der Waals surface area contributed by atoms with Crippen molar-refractivity contribution in [3.8, 4) is 0 Å². The van der Waals surface area contributed by atoms with E-state index in [0.29, 0.717) is 0 Å². The number of nitrogens with two attached hydrogens (primary N) is 1. The van der Waals surface area contributed by atoms with Crippen molar-refractivity contribution in [2.45, 2.75) is 44.2 Å². The molecular formula is C21H27ClN2O. The molecule has 0 bridgehead atoms. The summed E-state index contributed by atoms with van der Waals surface area (Å²) in [6.45, 7) is 1.92. The van der Waals surface area contributed by atoms with E-state index < -0.39 is 0 Å². The largest absolute Gasteiger partial charge is 0.346 e. The Labute approximate surface area is 156 Å². The smallest absolute Gasteiger partial charge is 0.225 e. The standard InChI is InChI=1S/C21H26N2O.ClH/c1-16(19(22)17-10-4-2-5-11-17)20(24)23-21(14-8-9-15-21)18-12-6-3-7-13-18;/h2-7,10-13,16,19H,8-9,14-15,22H2,1H3,(H,23,24);1H. The maximum atomic E-state index is 12.9. The molecule has 25 heavy (non-hydrogen) atoms. The van der Waals surface area contributed by atoms with E-state index in [2.05, 4.69) is 17.4 Å². The molecule has 1 amide bonds. The van der Waals surface area contributed by atoms with E-state index >= 15 is 0 Å². The van der Waals surface area contributed by atoms with E-state index in [4.69, 9.17) is 5.73 Å². The van der Waals surface area contributed by atoms with Crippen LogP contribution in [0.4, 0.5) is 0 Å². The molecule has 2 aromatic carbocycles.